The molecule has 0 unspecified atom stereocenters. The van der Waals surface area contributed by atoms with E-state index in [9.17, 15) is 0 Å². The van der Waals surface area contributed by atoms with E-state index in [1.807, 2.05) is 13.0 Å². The molecule has 0 amide bonds. The van der Waals surface area contributed by atoms with Crippen molar-refractivity contribution in [2.24, 2.45) is 0 Å². The molecule has 3 heteroatoms. The molecule has 9 heavy (non-hydrogen) atoms. The molecule has 0 atom stereocenters. The maximum Gasteiger partial charge on any atom is 0.178 e. The summed E-state index contributed by atoms with van der Waals surface area (Å²) < 4.78 is 1.61. The van der Waals surface area contributed by atoms with Gasteiger partial charge in [-0.3, -0.25) is 0 Å². The van der Waals surface area contributed by atoms with Crippen molar-refractivity contribution in [3.8, 4) is 6.07 Å². The Balaban J connectivity index is 3.02. The van der Waals surface area contributed by atoms with Crippen molar-refractivity contribution in [3.05, 3.63) is 18.2 Å². The Morgan fingerprint density at radius 3 is 3.11 bits per heavy atom. The highest BCUT2D eigenvalue weighted by molar-refractivity contribution is 5.15. The molecule has 44 valence electrons. The quantitative estimate of drug-likeness (QED) is 0.536. The highest BCUT2D eigenvalue weighted by Gasteiger charge is 1.96. The van der Waals surface area contributed by atoms with Crippen LogP contribution in [0.3, 0.4) is 0 Å². The summed E-state index contributed by atoms with van der Waals surface area (Å²) in [6.07, 6.45) is 5.10. The Hall–Kier alpha value is -1.30. The maximum atomic E-state index is 8.38. The first-order valence-electron chi connectivity index (χ1n) is 2.64. The largest absolute Gasteiger partial charge is 0.313 e. The van der Waals surface area contributed by atoms with E-state index in [4.69, 9.17) is 5.26 Å². The SMILES string of the molecule is CCn1[c]n[c]c1C#N. The number of nitriles is 1. The van der Waals surface area contributed by atoms with Crippen LogP contribution in [0.5, 0.6) is 0 Å². The lowest BCUT2D eigenvalue weighted by Crippen LogP contribution is -1.94. The van der Waals surface area contributed by atoms with E-state index in [-0.39, 0.29) is 0 Å². The molecule has 1 aromatic heterocycles. The molecule has 0 fully saturated rings. The van der Waals surface area contributed by atoms with E-state index < -0.39 is 0 Å². The summed E-state index contributed by atoms with van der Waals surface area (Å²) >= 11 is 0. The summed E-state index contributed by atoms with van der Waals surface area (Å²) in [4.78, 5) is 3.55. The maximum absolute atomic E-state index is 8.38. The van der Waals surface area contributed by atoms with Crippen molar-refractivity contribution in [1.82, 2.24) is 9.55 Å². The number of hydrogen-bond donors (Lipinski definition) is 0. The van der Waals surface area contributed by atoms with Crippen LogP contribution in [0.4, 0.5) is 0 Å². The number of nitrogens with zero attached hydrogens (tertiary/aromatic N) is 3. The van der Waals surface area contributed by atoms with Crippen LogP contribution < -0.4 is 0 Å². The molecule has 0 spiro atoms. The van der Waals surface area contributed by atoms with Gasteiger partial charge in [0.05, 0.1) is 0 Å². The number of imidazole rings is 1. The first-order valence-corrected chi connectivity index (χ1v) is 2.64. The zero-order chi connectivity index (χ0) is 6.69. The third kappa shape index (κ3) is 0.918. The van der Waals surface area contributed by atoms with Crippen LogP contribution in [0.2, 0.25) is 0 Å². The van der Waals surface area contributed by atoms with E-state index in [2.05, 4.69) is 17.5 Å². The van der Waals surface area contributed by atoms with Gasteiger partial charge in [-0.05, 0) is 6.92 Å². The topological polar surface area (TPSA) is 41.6 Å². The van der Waals surface area contributed by atoms with Gasteiger partial charge in [-0.1, -0.05) is 0 Å². The second-order valence-corrected chi connectivity index (χ2v) is 1.53. The first-order chi connectivity index (χ1) is 4.38. The second kappa shape index (κ2) is 2.31. The zero-order valence-electron chi connectivity index (χ0n) is 5.05. The minimum atomic E-state index is 0.442. The Morgan fingerprint density at radius 1 is 1.89 bits per heavy atom. The fourth-order valence-electron chi connectivity index (χ4n) is 0.563. The first kappa shape index (κ1) is 5.83. The average Bonchev–Trinajstić information content (AvgIpc) is 2.33. The van der Waals surface area contributed by atoms with Gasteiger partial charge in [-0.15, -0.1) is 0 Å². The Bertz CT molecular complexity index is 231. The van der Waals surface area contributed by atoms with Gasteiger partial charge in [-0.2, -0.15) is 5.26 Å². The van der Waals surface area contributed by atoms with Crippen LogP contribution in [0.15, 0.2) is 0 Å². The fourth-order valence-corrected chi connectivity index (χ4v) is 0.563. The van der Waals surface area contributed by atoms with Crippen molar-refractivity contribution < 1.29 is 0 Å². The van der Waals surface area contributed by atoms with Crippen molar-refractivity contribution in [2.75, 3.05) is 0 Å². The van der Waals surface area contributed by atoms with Crippen LogP contribution in [-0.2, 0) is 6.54 Å². The lowest BCUT2D eigenvalue weighted by atomic mass is 10.5. The van der Waals surface area contributed by atoms with Crippen LogP contribution in [0.25, 0.3) is 0 Å². The Morgan fingerprint density at radius 2 is 2.67 bits per heavy atom. The number of hydrogen-bond acceptors (Lipinski definition) is 2. The van der Waals surface area contributed by atoms with Crippen LogP contribution in [0, 0.1) is 23.9 Å². The van der Waals surface area contributed by atoms with Crippen LogP contribution in [-0.4, -0.2) is 9.55 Å². The van der Waals surface area contributed by atoms with Gasteiger partial charge in [0.25, 0.3) is 0 Å². The van der Waals surface area contributed by atoms with Gasteiger partial charge in [0.2, 0.25) is 0 Å². The lowest BCUT2D eigenvalue weighted by Gasteiger charge is -1.91. The molecule has 0 aliphatic carbocycles. The molecule has 1 rings (SSSR count). The molecule has 0 N–H and O–H groups in total. The second-order valence-electron chi connectivity index (χ2n) is 1.53. The van der Waals surface area contributed by atoms with Gasteiger partial charge in [-0.25, -0.2) is 4.98 Å². The summed E-state index contributed by atoms with van der Waals surface area (Å²) in [6, 6.07) is 1.94. The van der Waals surface area contributed by atoms with Gasteiger partial charge >= 0.3 is 0 Å². The molecule has 1 aromatic rings. The fraction of sp³-hybridized carbons (Fsp3) is 0.333. The highest BCUT2D eigenvalue weighted by atomic mass is 15.0. The third-order valence-electron chi connectivity index (χ3n) is 1.02. The van der Waals surface area contributed by atoms with E-state index in [1.165, 1.54) is 0 Å². The third-order valence-corrected chi connectivity index (χ3v) is 1.02. The molecule has 0 bridgehead atoms. The standard InChI is InChI=1S/C6H5N3/c1-2-9-5-8-4-6(9)3-7/h2H2,1H3. The van der Waals surface area contributed by atoms with E-state index in [0.717, 1.165) is 6.54 Å². The lowest BCUT2D eigenvalue weighted by molar-refractivity contribution is 0.744. The summed E-state index contributed by atoms with van der Waals surface area (Å²) in [5, 5.41) is 8.38. The number of aryl methyl sites for hydroxylation is 1. The minimum Gasteiger partial charge on any atom is -0.313 e. The molecule has 1 heterocycles. The van der Waals surface area contributed by atoms with Crippen molar-refractivity contribution in [1.29, 1.82) is 5.26 Å². The Kier molecular flexibility index (Phi) is 1.50. The molecule has 3 nitrogen and oxygen atoms in total. The van der Waals surface area contributed by atoms with E-state index in [1.54, 1.807) is 4.57 Å². The average molecular weight is 119 g/mol. The van der Waals surface area contributed by atoms with Crippen LogP contribution in [0.1, 0.15) is 12.6 Å². The smallest absolute Gasteiger partial charge is 0.178 e. The summed E-state index contributed by atoms with van der Waals surface area (Å²) in [7, 11) is 0. The van der Waals surface area contributed by atoms with Crippen molar-refractivity contribution in [3.63, 3.8) is 0 Å². The van der Waals surface area contributed by atoms with Gasteiger partial charge < -0.3 is 4.57 Å². The molecule has 0 saturated carbocycles. The van der Waals surface area contributed by atoms with Crippen molar-refractivity contribution in [2.45, 2.75) is 13.5 Å². The monoisotopic (exact) mass is 119 g/mol. The van der Waals surface area contributed by atoms with Crippen LogP contribution >= 0.6 is 0 Å². The normalized spacial score (nSPS) is 8.89. The molecule has 0 aromatic carbocycles. The molecular formula is C6H5N3. The van der Waals surface area contributed by atoms with Gasteiger partial charge in [0.1, 0.15) is 18.0 Å². The molecule has 0 aliphatic heterocycles. The van der Waals surface area contributed by atoms with Gasteiger partial charge in [0, 0.05) is 6.54 Å². The molecule has 0 saturated heterocycles. The number of rotatable bonds is 1. The minimum absolute atomic E-state index is 0.442. The van der Waals surface area contributed by atoms with E-state index >= 15 is 0 Å². The molecule has 0 aliphatic rings. The molecule has 2 radical (unpaired) electrons. The van der Waals surface area contributed by atoms with Gasteiger partial charge in [0.15, 0.2) is 6.33 Å². The summed E-state index contributed by atoms with van der Waals surface area (Å²) in [6.45, 7) is 2.65. The summed E-state index contributed by atoms with van der Waals surface area (Å²) in [5.41, 5.74) is 0.442. The predicted molar refractivity (Wildman–Crippen MR) is 30.3 cm³/mol. The van der Waals surface area contributed by atoms with Crippen molar-refractivity contribution >= 4 is 0 Å². The number of aromatic nitrogens is 2. The highest BCUT2D eigenvalue weighted by Crippen LogP contribution is 1.92. The Labute approximate surface area is 53.6 Å². The predicted octanol–water partition coefficient (Wildman–Crippen LogP) is 0.375. The molecular weight excluding hydrogens is 114 g/mol. The van der Waals surface area contributed by atoms with E-state index in [0.29, 0.717) is 5.69 Å². The zero-order valence-corrected chi connectivity index (χ0v) is 5.05. The summed E-state index contributed by atoms with van der Waals surface area (Å²) in [5.74, 6) is 0.